The number of rotatable bonds is 7. The van der Waals surface area contributed by atoms with E-state index in [2.05, 4.69) is 28.2 Å². The number of carbonyl (C=O) groups excluding carboxylic acids is 1. The molecule has 1 fully saturated rings. The fourth-order valence-corrected chi connectivity index (χ4v) is 3.40. The van der Waals surface area contributed by atoms with Crippen LogP contribution in [0.4, 0.5) is 5.69 Å². The van der Waals surface area contributed by atoms with Gasteiger partial charge in [0.2, 0.25) is 5.91 Å². The number of allylic oxidation sites excluding steroid dienone is 2. The number of halogens is 1. The first-order chi connectivity index (χ1) is 11.3. The minimum absolute atomic E-state index is 0.0118. The molecular weight excluding hydrogens is 370 g/mol. The number of aliphatic carboxylic acids is 1. The first kappa shape index (κ1) is 18.7. The van der Waals surface area contributed by atoms with Crippen LogP contribution in [0.3, 0.4) is 0 Å². The van der Waals surface area contributed by atoms with Crippen molar-refractivity contribution >= 4 is 33.5 Å². The van der Waals surface area contributed by atoms with Crippen LogP contribution in [0, 0.1) is 23.2 Å². The maximum atomic E-state index is 12.9. The van der Waals surface area contributed by atoms with Crippen LogP contribution in [0.25, 0.3) is 0 Å². The van der Waals surface area contributed by atoms with Crippen molar-refractivity contribution in [3.8, 4) is 0 Å². The van der Waals surface area contributed by atoms with Gasteiger partial charge in [0.25, 0.3) is 0 Å². The van der Waals surface area contributed by atoms with Gasteiger partial charge < -0.3 is 10.4 Å². The van der Waals surface area contributed by atoms with Crippen LogP contribution in [0.15, 0.2) is 40.9 Å². The highest BCUT2D eigenvalue weighted by Gasteiger charge is 2.51. The Labute approximate surface area is 151 Å². The molecule has 0 radical (unpaired) electrons. The Kier molecular flexibility index (Phi) is 5.86. The zero-order valence-corrected chi connectivity index (χ0v) is 15.8. The first-order valence-electron chi connectivity index (χ1n) is 8.20. The molecule has 0 heterocycles. The van der Waals surface area contributed by atoms with Crippen molar-refractivity contribution in [3.05, 3.63) is 40.9 Å². The van der Waals surface area contributed by atoms with Gasteiger partial charge in [0.1, 0.15) is 0 Å². The van der Waals surface area contributed by atoms with E-state index in [1.165, 1.54) is 0 Å². The number of carbonyl (C=O) groups is 2. The predicted octanol–water partition coefficient (Wildman–Crippen LogP) is 4.72. The molecule has 0 saturated heterocycles. The predicted molar refractivity (Wildman–Crippen MR) is 98.7 cm³/mol. The third-order valence-corrected chi connectivity index (χ3v) is 5.50. The highest BCUT2D eigenvalue weighted by atomic mass is 79.9. The Morgan fingerprint density at radius 1 is 1.29 bits per heavy atom. The summed E-state index contributed by atoms with van der Waals surface area (Å²) in [5.41, 5.74) is 0.684. The maximum Gasteiger partial charge on any atom is 0.307 e. The third kappa shape index (κ3) is 4.26. The van der Waals surface area contributed by atoms with Crippen molar-refractivity contribution in [3.63, 3.8) is 0 Å². The number of benzene rings is 1. The lowest BCUT2D eigenvalue weighted by molar-refractivity contribution is -0.146. The summed E-state index contributed by atoms with van der Waals surface area (Å²) < 4.78 is 0.924. The molecule has 1 aliphatic carbocycles. The lowest BCUT2D eigenvalue weighted by atomic mass is 9.73. The second-order valence-electron chi connectivity index (χ2n) is 6.85. The number of hydrogen-bond donors (Lipinski definition) is 2. The second kappa shape index (κ2) is 7.51. The van der Waals surface area contributed by atoms with E-state index >= 15 is 0 Å². The maximum absolute atomic E-state index is 12.9. The first-order valence-corrected chi connectivity index (χ1v) is 9.00. The van der Waals surface area contributed by atoms with Gasteiger partial charge in [0.15, 0.2) is 0 Å². The van der Waals surface area contributed by atoms with Crippen LogP contribution in [0.5, 0.6) is 0 Å². The van der Waals surface area contributed by atoms with E-state index in [1.54, 1.807) is 19.1 Å². The van der Waals surface area contributed by atoms with Gasteiger partial charge in [-0.15, -0.1) is 0 Å². The van der Waals surface area contributed by atoms with Crippen LogP contribution < -0.4 is 5.32 Å². The lowest BCUT2D eigenvalue weighted by Crippen LogP contribution is -2.39. The molecule has 1 aromatic rings. The third-order valence-electron chi connectivity index (χ3n) is 4.97. The van der Waals surface area contributed by atoms with Crippen molar-refractivity contribution in [1.29, 1.82) is 0 Å². The van der Waals surface area contributed by atoms with Gasteiger partial charge in [-0.2, -0.15) is 0 Å². The van der Waals surface area contributed by atoms with Crippen LogP contribution >= 0.6 is 15.9 Å². The van der Waals surface area contributed by atoms with E-state index in [9.17, 15) is 14.7 Å². The van der Waals surface area contributed by atoms with Crippen molar-refractivity contribution in [2.45, 2.75) is 33.6 Å². The van der Waals surface area contributed by atoms with Gasteiger partial charge in [-0.05, 0) is 55.4 Å². The van der Waals surface area contributed by atoms with Crippen LogP contribution in [-0.2, 0) is 9.59 Å². The molecule has 130 valence electrons. The summed E-state index contributed by atoms with van der Waals surface area (Å²) in [6.07, 6.45) is 5.97. The fourth-order valence-electron chi connectivity index (χ4n) is 3.14. The molecule has 1 amide bonds. The average molecular weight is 394 g/mol. The monoisotopic (exact) mass is 393 g/mol. The summed E-state index contributed by atoms with van der Waals surface area (Å²) in [4.78, 5) is 24.5. The number of carboxylic acid groups (broad SMARTS) is 1. The minimum Gasteiger partial charge on any atom is -0.481 e. The molecule has 0 spiro atoms. The molecule has 2 rings (SSSR count). The van der Waals surface area contributed by atoms with E-state index in [0.717, 1.165) is 17.3 Å². The number of amides is 1. The molecule has 24 heavy (non-hydrogen) atoms. The molecule has 4 nitrogen and oxygen atoms in total. The zero-order valence-electron chi connectivity index (χ0n) is 14.3. The molecule has 1 aliphatic rings. The number of anilines is 1. The van der Waals surface area contributed by atoms with Crippen molar-refractivity contribution < 1.29 is 14.7 Å². The largest absolute Gasteiger partial charge is 0.481 e. The van der Waals surface area contributed by atoms with Gasteiger partial charge >= 0.3 is 5.97 Å². The quantitative estimate of drug-likeness (QED) is 0.658. The van der Waals surface area contributed by atoms with Gasteiger partial charge in [-0.25, -0.2) is 0 Å². The topological polar surface area (TPSA) is 66.4 Å². The molecule has 2 N–H and O–H groups in total. The van der Waals surface area contributed by atoms with E-state index < -0.39 is 17.8 Å². The molecular formula is C19H24BrNO3. The van der Waals surface area contributed by atoms with E-state index in [4.69, 9.17) is 0 Å². The van der Waals surface area contributed by atoms with Crippen molar-refractivity contribution in [1.82, 2.24) is 0 Å². The Morgan fingerprint density at radius 2 is 1.88 bits per heavy atom. The highest BCUT2D eigenvalue weighted by molar-refractivity contribution is 9.10. The molecule has 5 heteroatoms. The van der Waals surface area contributed by atoms with Crippen molar-refractivity contribution in [2.24, 2.45) is 23.2 Å². The van der Waals surface area contributed by atoms with E-state index in [1.807, 2.05) is 31.2 Å². The molecule has 3 atom stereocenters. The molecule has 1 saturated carbocycles. The Hall–Kier alpha value is -1.62. The number of carboxylic acids is 1. The van der Waals surface area contributed by atoms with Gasteiger partial charge in [0.05, 0.1) is 11.8 Å². The van der Waals surface area contributed by atoms with Gasteiger partial charge in [0, 0.05) is 10.2 Å². The Bertz CT molecular complexity index is 635. The summed E-state index contributed by atoms with van der Waals surface area (Å²) in [6, 6.07) is 7.29. The lowest BCUT2D eigenvalue weighted by Gasteiger charge is -2.31. The highest BCUT2D eigenvalue weighted by Crippen LogP contribution is 2.55. The Morgan fingerprint density at radius 3 is 2.33 bits per heavy atom. The summed E-state index contributed by atoms with van der Waals surface area (Å²) in [5, 5.41) is 12.4. The molecule has 0 aromatic heterocycles. The molecule has 0 bridgehead atoms. The van der Waals surface area contributed by atoms with Gasteiger partial charge in [-0.3, -0.25) is 9.59 Å². The molecule has 0 aliphatic heterocycles. The molecule has 1 aromatic carbocycles. The van der Waals surface area contributed by atoms with Crippen molar-refractivity contribution in [2.75, 3.05) is 5.32 Å². The number of nitrogens with one attached hydrogen (secondary N) is 1. The normalized spacial score (nSPS) is 19.5. The Balaban J connectivity index is 2.29. The average Bonchev–Trinajstić information content (AvgIpc) is 3.27. The number of hydrogen-bond acceptors (Lipinski definition) is 2. The summed E-state index contributed by atoms with van der Waals surface area (Å²) >= 11 is 3.36. The van der Waals surface area contributed by atoms with Crippen LogP contribution in [0.1, 0.15) is 33.6 Å². The molecule has 3 unspecified atom stereocenters. The second-order valence-corrected chi connectivity index (χ2v) is 7.77. The van der Waals surface area contributed by atoms with E-state index in [0.29, 0.717) is 5.69 Å². The summed E-state index contributed by atoms with van der Waals surface area (Å²) in [5.74, 6) is -2.61. The minimum atomic E-state index is -0.940. The zero-order chi connectivity index (χ0) is 17.9. The smallest absolute Gasteiger partial charge is 0.307 e. The van der Waals surface area contributed by atoms with Crippen LogP contribution in [0.2, 0.25) is 0 Å². The fraction of sp³-hybridized carbons (Fsp3) is 0.474. The van der Waals surface area contributed by atoms with Gasteiger partial charge in [-0.1, -0.05) is 41.9 Å². The summed E-state index contributed by atoms with van der Waals surface area (Å²) in [7, 11) is 0. The SMILES string of the molecule is C/C=C\C(C(C(=O)Nc1ccc(Br)cc1)C(C)C(=O)O)C1(C)CC1. The van der Waals surface area contributed by atoms with Crippen LogP contribution in [-0.4, -0.2) is 17.0 Å². The van der Waals surface area contributed by atoms with E-state index in [-0.39, 0.29) is 17.2 Å². The standard InChI is InChI=1S/C19H24BrNO3/c1-4-5-15(19(3)10-11-19)16(12(2)18(23)24)17(22)21-14-8-6-13(20)7-9-14/h4-9,12,15-16H,10-11H2,1-3H3,(H,21,22)(H,23,24)/b5-4-. The summed E-state index contributed by atoms with van der Waals surface area (Å²) in [6.45, 7) is 5.66.